The molecule has 1 aliphatic heterocycles. The number of nitrogens with two attached hydrogens (primary N) is 1. The lowest BCUT2D eigenvalue weighted by atomic mass is 10.2. The van der Waals surface area contributed by atoms with Gasteiger partial charge in [0, 0.05) is 19.7 Å². The van der Waals surface area contributed by atoms with E-state index in [9.17, 15) is 0 Å². The molecular weight excluding hydrogens is 260 g/mol. The zero-order chi connectivity index (χ0) is 14.4. The monoisotopic (exact) mass is 282 g/mol. The second-order valence-corrected chi connectivity index (χ2v) is 4.49. The summed E-state index contributed by atoms with van der Waals surface area (Å²) in [7, 11) is 0. The van der Waals surface area contributed by atoms with Crippen molar-refractivity contribution in [3.05, 3.63) is 0 Å². The normalized spacial score (nSPS) is 18.1. The van der Waals surface area contributed by atoms with Crippen LogP contribution in [0.5, 0.6) is 6.01 Å². The maximum absolute atomic E-state index is 5.66. The molecule has 0 spiro atoms. The summed E-state index contributed by atoms with van der Waals surface area (Å²) < 4.78 is 11.0. The summed E-state index contributed by atoms with van der Waals surface area (Å²) in [6.45, 7) is 6.79. The Morgan fingerprint density at radius 2 is 2.25 bits per heavy atom. The van der Waals surface area contributed by atoms with Gasteiger partial charge in [0.05, 0.1) is 12.7 Å². The molecule has 1 aliphatic rings. The Bertz CT molecular complexity index is 424. The van der Waals surface area contributed by atoms with Gasteiger partial charge in [0.25, 0.3) is 0 Å². The second kappa shape index (κ2) is 7.20. The van der Waals surface area contributed by atoms with Gasteiger partial charge in [0.15, 0.2) is 0 Å². The summed E-state index contributed by atoms with van der Waals surface area (Å²) in [5.74, 6) is 6.23. The molecule has 0 radical (unpaired) electrons. The maximum Gasteiger partial charge on any atom is 0.323 e. The van der Waals surface area contributed by atoms with Gasteiger partial charge in [-0.15, -0.1) is 0 Å². The number of nitrogen functional groups attached to an aromatic ring is 1. The van der Waals surface area contributed by atoms with Crippen LogP contribution in [0.25, 0.3) is 0 Å². The number of likely N-dealkylation sites (N-methyl/N-ethyl adjacent to an activating group) is 1. The van der Waals surface area contributed by atoms with Gasteiger partial charge in [0.2, 0.25) is 11.9 Å². The third-order valence-electron chi connectivity index (χ3n) is 3.12. The van der Waals surface area contributed by atoms with Crippen LogP contribution in [0.4, 0.5) is 11.9 Å². The number of hydrogen-bond acceptors (Lipinski definition) is 8. The average Bonchev–Trinajstić information content (AvgIpc) is 2.97. The minimum atomic E-state index is 0.233. The molecule has 0 bridgehead atoms. The third-order valence-corrected chi connectivity index (χ3v) is 3.12. The number of anilines is 2. The van der Waals surface area contributed by atoms with E-state index in [1.165, 1.54) is 0 Å². The first-order valence-electron chi connectivity index (χ1n) is 6.98. The fourth-order valence-electron chi connectivity index (χ4n) is 2.13. The van der Waals surface area contributed by atoms with E-state index in [1.807, 2.05) is 11.8 Å². The molecule has 0 saturated carbocycles. The van der Waals surface area contributed by atoms with E-state index in [2.05, 4.69) is 27.3 Å². The molecule has 1 atom stereocenters. The van der Waals surface area contributed by atoms with Crippen molar-refractivity contribution in [2.45, 2.75) is 32.8 Å². The highest BCUT2D eigenvalue weighted by molar-refractivity contribution is 5.37. The van der Waals surface area contributed by atoms with Crippen LogP contribution in [0.15, 0.2) is 0 Å². The lowest BCUT2D eigenvalue weighted by molar-refractivity contribution is 0.115. The van der Waals surface area contributed by atoms with Crippen molar-refractivity contribution in [2.24, 2.45) is 5.84 Å². The van der Waals surface area contributed by atoms with Crippen molar-refractivity contribution in [1.29, 1.82) is 0 Å². The zero-order valence-electron chi connectivity index (χ0n) is 12.0. The molecule has 0 aromatic carbocycles. The van der Waals surface area contributed by atoms with Crippen LogP contribution in [0, 0.1) is 0 Å². The highest BCUT2D eigenvalue weighted by atomic mass is 16.5. The number of ether oxygens (including phenoxy) is 2. The van der Waals surface area contributed by atoms with Crippen LogP contribution in [0.3, 0.4) is 0 Å². The van der Waals surface area contributed by atoms with Crippen LogP contribution < -0.4 is 20.9 Å². The van der Waals surface area contributed by atoms with Gasteiger partial charge in [-0.05, 0) is 26.7 Å². The molecule has 2 heterocycles. The highest BCUT2D eigenvalue weighted by Gasteiger charge is 2.21. The number of hydrogen-bond donors (Lipinski definition) is 2. The first kappa shape index (κ1) is 14.7. The van der Waals surface area contributed by atoms with Crippen molar-refractivity contribution in [3.63, 3.8) is 0 Å². The SMILES string of the molecule is CCOc1nc(NN)nc(N(CC)CC2CCCO2)n1. The van der Waals surface area contributed by atoms with Crippen LogP contribution in [-0.2, 0) is 4.74 Å². The van der Waals surface area contributed by atoms with E-state index >= 15 is 0 Å². The second-order valence-electron chi connectivity index (χ2n) is 4.49. The molecule has 1 unspecified atom stereocenters. The molecule has 1 saturated heterocycles. The summed E-state index contributed by atoms with van der Waals surface area (Å²) in [6.07, 6.45) is 2.41. The summed E-state index contributed by atoms with van der Waals surface area (Å²) in [6, 6.07) is 0.274. The van der Waals surface area contributed by atoms with Gasteiger partial charge in [-0.1, -0.05) is 0 Å². The number of hydrazine groups is 1. The molecule has 0 aliphatic carbocycles. The molecule has 20 heavy (non-hydrogen) atoms. The van der Waals surface area contributed by atoms with Gasteiger partial charge in [-0.25, -0.2) is 5.84 Å². The van der Waals surface area contributed by atoms with E-state index in [0.717, 1.165) is 32.5 Å². The molecule has 1 aromatic heterocycles. The molecule has 1 aromatic rings. The zero-order valence-corrected chi connectivity index (χ0v) is 12.0. The molecule has 2 rings (SSSR count). The summed E-state index contributed by atoms with van der Waals surface area (Å²) in [5, 5.41) is 0. The van der Waals surface area contributed by atoms with Gasteiger partial charge in [-0.2, -0.15) is 15.0 Å². The minimum absolute atomic E-state index is 0.233. The van der Waals surface area contributed by atoms with Crippen molar-refractivity contribution in [1.82, 2.24) is 15.0 Å². The molecule has 8 nitrogen and oxygen atoms in total. The van der Waals surface area contributed by atoms with Crippen LogP contribution in [-0.4, -0.2) is 47.4 Å². The lowest BCUT2D eigenvalue weighted by Crippen LogP contribution is -2.33. The number of aromatic nitrogens is 3. The van der Waals surface area contributed by atoms with Crippen LogP contribution in [0.1, 0.15) is 26.7 Å². The Morgan fingerprint density at radius 3 is 2.85 bits per heavy atom. The van der Waals surface area contributed by atoms with E-state index in [0.29, 0.717) is 18.5 Å². The molecule has 112 valence electrons. The van der Waals surface area contributed by atoms with E-state index in [4.69, 9.17) is 15.3 Å². The van der Waals surface area contributed by atoms with Gasteiger partial charge < -0.3 is 14.4 Å². The predicted octanol–water partition coefficient (Wildman–Crippen LogP) is 0.561. The van der Waals surface area contributed by atoms with Crippen molar-refractivity contribution < 1.29 is 9.47 Å². The quantitative estimate of drug-likeness (QED) is 0.553. The van der Waals surface area contributed by atoms with Crippen LogP contribution in [0.2, 0.25) is 0 Å². The fourth-order valence-corrected chi connectivity index (χ4v) is 2.13. The van der Waals surface area contributed by atoms with Gasteiger partial charge in [-0.3, -0.25) is 5.43 Å². The Hall–Kier alpha value is -1.67. The number of nitrogens with zero attached hydrogens (tertiary/aromatic N) is 4. The van der Waals surface area contributed by atoms with Crippen molar-refractivity contribution in [3.8, 4) is 6.01 Å². The van der Waals surface area contributed by atoms with Gasteiger partial charge in [0.1, 0.15) is 0 Å². The minimum Gasteiger partial charge on any atom is -0.464 e. The Kier molecular flexibility index (Phi) is 5.31. The standard InChI is InChI=1S/C12H22N6O2/c1-3-18(8-9-6-5-7-20-9)11-14-10(17-13)15-12(16-11)19-4-2/h9H,3-8,13H2,1-2H3,(H,14,15,16,17). The van der Waals surface area contributed by atoms with Crippen molar-refractivity contribution >= 4 is 11.9 Å². The molecule has 8 heteroatoms. The largest absolute Gasteiger partial charge is 0.464 e. The molecule has 1 fully saturated rings. The first-order valence-corrected chi connectivity index (χ1v) is 6.98. The van der Waals surface area contributed by atoms with Crippen molar-refractivity contribution in [2.75, 3.05) is 36.6 Å². The third kappa shape index (κ3) is 3.67. The van der Waals surface area contributed by atoms with Gasteiger partial charge >= 0.3 is 6.01 Å². The number of rotatable bonds is 7. The predicted molar refractivity (Wildman–Crippen MR) is 75.7 cm³/mol. The maximum atomic E-state index is 5.66. The Morgan fingerprint density at radius 1 is 1.40 bits per heavy atom. The number of nitrogens with one attached hydrogen (secondary N) is 1. The van der Waals surface area contributed by atoms with E-state index < -0.39 is 0 Å². The summed E-state index contributed by atoms with van der Waals surface area (Å²) in [4.78, 5) is 14.7. The lowest BCUT2D eigenvalue weighted by Gasteiger charge is -2.24. The Labute approximate surface area is 118 Å². The summed E-state index contributed by atoms with van der Waals surface area (Å²) in [5.41, 5.74) is 2.44. The van der Waals surface area contributed by atoms with E-state index in [1.54, 1.807) is 0 Å². The van der Waals surface area contributed by atoms with E-state index in [-0.39, 0.29) is 12.1 Å². The molecule has 0 amide bonds. The summed E-state index contributed by atoms with van der Waals surface area (Å²) >= 11 is 0. The highest BCUT2D eigenvalue weighted by Crippen LogP contribution is 2.18. The van der Waals surface area contributed by atoms with Crippen LogP contribution >= 0.6 is 0 Å². The Balaban J connectivity index is 2.15. The molecular formula is C12H22N6O2. The molecule has 3 N–H and O–H groups in total. The topological polar surface area (TPSA) is 98.4 Å². The average molecular weight is 282 g/mol. The first-order chi connectivity index (χ1) is 9.76. The fraction of sp³-hybridized carbons (Fsp3) is 0.750. The smallest absolute Gasteiger partial charge is 0.323 e.